The van der Waals surface area contributed by atoms with Crippen LogP contribution in [-0.4, -0.2) is 22.1 Å². The van der Waals surface area contributed by atoms with E-state index in [0.29, 0.717) is 45.5 Å². The first-order valence-electron chi connectivity index (χ1n) is 10.7. The Bertz CT molecular complexity index is 1330. The third-order valence-electron chi connectivity index (χ3n) is 5.07. The normalized spacial score (nSPS) is 10.5. The van der Waals surface area contributed by atoms with Crippen LogP contribution < -0.4 is 9.47 Å². The molecule has 5 aromatic rings. The minimum absolute atomic E-state index is 0.320. The Morgan fingerprint density at radius 1 is 0.514 bits per heavy atom. The lowest BCUT2D eigenvalue weighted by atomic mass is 10.2. The van der Waals surface area contributed by atoms with Gasteiger partial charge in [0.25, 0.3) is 0 Å². The lowest BCUT2D eigenvalue weighted by Gasteiger charge is -2.05. The molecule has 0 spiro atoms. The Morgan fingerprint density at radius 2 is 0.886 bits per heavy atom. The summed E-state index contributed by atoms with van der Waals surface area (Å²) in [5, 5.41) is 8.20. The molecule has 0 aliphatic heterocycles. The number of ether oxygens (including phenoxy) is 2. The van der Waals surface area contributed by atoms with E-state index >= 15 is 0 Å². The quantitative estimate of drug-likeness (QED) is 0.231. The van der Waals surface area contributed by atoms with Crippen LogP contribution in [0.15, 0.2) is 114 Å². The Morgan fingerprint density at radius 3 is 1.26 bits per heavy atom. The van der Waals surface area contributed by atoms with Crippen LogP contribution in [0.2, 0.25) is 0 Å². The summed E-state index contributed by atoms with van der Waals surface area (Å²) in [6.07, 6.45) is 0. The first-order chi connectivity index (χ1) is 17.2. The van der Waals surface area contributed by atoms with Crippen molar-refractivity contribution in [1.82, 2.24) is 10.2 Å². The van der Waals surface area contributed by atoms with Gasteiger partial charge in [0.1, 0.15) is 11.5 Å². The lowest BCUT2D eigenvalue weighted by molar-refractivity contribution is 0.0725. The van der Waals surface area contributed by atoms with E-state index in [-0.39, 0.29) is 0 Å². The van der Waals surface area contributed by atoms with Crippen molar-refractivity contribution in [2.75, 3.05) is 0 Å². The number of aromatic nitrogens is 2. The molecule has 0 unspecified atom stereocenters. The van der Waals surface area contributed by atoms with E-state index in [1.165, 1.54) is 0 Å². The molecular formula is C28H18N2O5. The zero-order valence-corrected chi connectivity index (χ0v) is 18.3. The zero-order chi connectivity index (χ0) is 24.0. The number of hydrogen-bond acceptors (Lipinski definition) is 7. The fourth-order valence-corrected chi connectivity index (χ4v) is 3.27. The van der Waals surface area contributed by atoms with E-state index in [2.05, 4.69) is 10.2 Å². The highest BCUT2D eigenvalue weighted by Crippen LogP contribution is 2.27. The van der Waals surface area contributed by atoms with Crippen molar-refractivity contribution < 1.29 is 23.5 Å². The molecule has 0 saturated heterocycles. The van der Waals surface area contributed by atoms with E-state index < -0.39 is 11.9 Å². The van der Waals surface area contributed by atoms with Gasteiger partial charge in [0.05, 0.1) is 11.1 Å². The lowest BCUT2D eigenvalue weighted by Crippen LogP contribution is -2.07. The van der Waals surface area contributed by atoms with E-state index in [9.17, 15) is 9.59 Å². The van der Waals surface area contributed by atoms with Gasteiger partial charge in [0, 0.05) is 11.1 Å². The number of carbonyl (C=O) groups excluding carboxylic acids is 2. The van der Waals surface area contributed by atoms with Gasteiger partial charge in [-0.05, 0) is 72.8 Å². The second kappa shape index (κ2) is 9.84. The topological polar surface area (TPSA) is 91.5 Å². The summed E-state index contributed by atoms with van der Waals surface area (Å²) in [6.45, 7) is 0. The van der Waals surface area contributed by atoms with Crippen molar-refractivity contribution in [1.29, 1.82) is 0 Å². The van der Waals surface area contributed by atoms with Gasteiger partial charge >= 0.3 is 11.9 Å². The molecule has 0 aliphatic carbocycles. The summed E-state index contributed by atoms with van der Waals surface area (Å²) < 4.78 is 16.6. The predicted molar refractivity (Wildman–Crippen MR) is 128 cm³/mol. The number of carbonyl (C=O) groups is 2. The first-order valence-corrected chi connectivity index (χ1v) is 10.7. The van der Waals surface area contributed by atoms with Crippen LogP contribution in [0, 0.1) is 0 Å². The molecule has 0 fully saturated rings. The van der Waals surface area contributed by atoms with Gasteiger partial charge in [0.15, 0.2) is 0 Å². The first kappa shape index (κ1) is 21.8. The van der Waals surface area contributed by atoms with Crippen molar-refractivity contribution >= 4 is 11.9 Å². The van der Waals surface area contributed by atoms with Crippen LogP contribution in [0.3, 0.4) is 0 Å². The van der Waals surface area contributed by atoms with Gasteiger partial charge in [-0.1, -0.05) is 36.4 Å². The number of benzene rings is 4. The van der Waals surface area contributed by atoms with Gasteiger partial charge in [-0.2, -0.15) is 0 Å². The van der Waals surface area contributed by atoms with Crippen LogP contribution in [0.1, 0.15) is 20.7 Å². The minimum Gasteiger partial charge on any atom is -0.423 e. The van der Waals surface area contributed by atoms with Gasteiger partial charge in [-0.3, -0.25) is 0 Å². The van der Waals surface area contributed by atoms with Crippen LogP contribution >= 0.6 is 0 Å². The summed E-state index contributed by atoms with van der Waals surface area (Å²) in [6, 6.07) is 31.1. The van der Waals surface area contributed by atoms with Gasteiger partial charge in [-0.15, -0.1) is 10.2 Å². The van der Waals surface area contributed by atoms with Crippen molar-refractivity contribution in [3.8, 4) is 34.4 Å². The highest BCUT2D eigenvalue weighted by atomic mass is 16.5. The molecule has 1 aromatic heterocycles. The molecule has 35 heavy (non-hydrogen) atoms. The minimum atomic E-state index is -0.434. The van der Waals surface area contributed by atoms with Crippen molar-refractivity contribution in [3.63, 3.8) is 0 Å². The molecular weight excluding hydrogens is 444 g/mol. The maximum Gasteiger partial charge on any atom is 0.343 e. The highest BCUT2D eigenvalue weighted by Gasteiger charge is 2.13. The average molecular weight is 462 g/mol. The molecule has 0 radical (unpaired) electrons. The number of rotatable bonds is 6. The van der Waals surface area contributed by atoms with Crippen LogP contribution in [0.5, 0.6) is 11.5 Å². The Labute approximate surface area is 200 Å². The maximum atomic E-state index is 12.2. The Balaban J connectivity index is 1.24. The van der Waals surface area contributed by atoms with E-state index in [1.807, 2.05) is 12.1 Å². The SMILES string of the molecule is O=C(Oc1ccc(-c2nnc(-c3ccc(OC(=O)c4ccccc4)cc3)o2)cc1)c1ccccc1. The highest BCUT2D eigenvalue weighted by molar-refractivity contribution is 5.91. The molecule has 0 aliphatic rings. The van der Waals surface area contributed by atoms with Crippen LogP contribution in [0.25, 0.3) is 22.9 Å². The second-order valence-electron chi connectivity index (χ2n) is 7.47. The molecule has 0 atom stereocenters. The standard InChI is InChI=1S/C28H18N2O5/c31-27(21-7-3-1-4-8-21)33-23-15-11-19(12-16-23)25-29-30-26(35-25)20-13-17-24(18-14-20)34-28(32)22-9-5-2-6-10-22/h1-18H. The maximum absolute atomic E-state index is 12.2. The van der Waals surface area contributed by atoms with E-state index in [0.717, 1.165) is 0 Å². The smallest absolute Gasteiger partial charge is 0.343 e. The summed E-state index contributed by atoms with van der Waals surface area (Å²) >= 11 is 0. The molecule has 7 nitrogen and oxygen atoms in total. The fourth-order valence-electron chi connectivity index (χ4n) is 3.27. The molecule has 5 rings (SSSR count). The molecule has 0 saturated carbocycles. The molecule has 0 N–H and O–H groups in total. The zero-order valence-electron chi connectivity index (χ0n) is 18.3. The second-order valence-corrected chi connectivity index (χ2v) is 7.47. The molecule has 170 valence electrons. The van der Waals surface area contributed by atoms with Gasteiger partial charge < -0.3 is 13.9 Å². The predicted octanol–water partition coefficient (Wildman–Crippen LogP) is 5.84. The van der Waals surface area contributed by atoms with Crippen LogP contribution in [-0.2, 0) is 0 Å². The fraction of sp³-hybridized carbons (Fsp3) is 0. The molecule has 0 amide bonds. The van der Waals surface area contributed by atoms with E-state index in [1.54, 1.807) is 97.1 Å². The van der Waals surface area contributed by atoms with Gasteiger partial charge in [0.2, 0.25) is 11.8 Å². The molecule has 0 bridgehead atoms. The van der Waals surface area contributed by atoms with Gasteiger partial charge in [-0.25, -0.2) is 9.59 Å². The third-order valence-corrected chi connectivity index (χ3v) is 5.07. The molecule has 7 heteroatoms. The van der Waals surface area contributed by atoms with Crippen LogP contribution in [0.4, 0.5) is 0 Å². The molecule has 4 aromatic carbocycles. The Kier molecular flexibility index (Phi) is 6.13. The number of esters is 2. The summed E-state index contributed by atoms with van der Waals surface area (Å²) in [5.74, 6) is 0.583. The summed E-state index contributed by atoms with van der Waals surface area (Å²) in [5.41, 5.74) is 2.30. The summed E-state index contributed by atoms with van der Waals surface area (Å²) in [7, 11) is 0. The largest absolute Gasteiger partial charge is 0.423 e. The van der Waals surface area contributed by atoms with Crippen molar-refractivity contribution in [2.24, 2.45) is 0 Å². The number of nitrogens with zero attached hydrogens (tertiary/aromatic N) is 2. The third kappa shape index (κ3) is 5.15. The average Bonchev–Trinajstić information content (AvgIpc) is 3.41. The van der Waals surface area contributed by atoms with Crippen molar-refractivity contribution in [2.45, 2.75) is 0 Å². The number of hydrogen-bond donors (Lipinski definition) is 0. The summed E-state index contributed by atoms with van der Waals surface area (Å²) in [4.78, 5) is 24.4. The van der Waals surface area contributed by atoms with E-state index in [4.69, 9.17) is 13.9 Å². The molecule has 1 heterocycles. The Hall–Kier alpha value is -5.04. The monoisotopic (exact) mass is 462 g/mol. The van der Waals surface area contributed by atoms with Crippen molar-refractivity contribution in [3.05, 3.63) is 120 Å².